The number of hydrogen-bond donors (Lipinski definition) is 0. The Morgan fingerprint density at radius 1 is 1.23 bits per heavy atom. The quantitative estimate of drug-likeness (QED) is 0.778. The smallest absolute Gasteiger partial charge is 0.224 e. The molecule has 0 radical (unpaired) electrons. The van der Waals surface area contributed by atoms with Gasteiger partial charge in [-0.25, -0.2) is 4.98 Å². The molecule has 2 aromatic heterocycles. The summed E-state index contributed by atoms with van der Waals surface area (Å²) in [5.41, 5.74) is 4.42. The van der Waals surface area contributed by atoms with E-state index in [-0.39, 0.29) is 11.9 Å². The molecule has 0 aromatic carbocycles. The van der Waals surface area contributed by atoms with Gasteiger partial charge in [-0.05, 0) is 68.2 Å². The second-order valence-electron chi connectivity index (χ2n) is 8.90. The summed E-state index contributed by atoms with van der Waals surface area (Å²) in [5.74, 6) is 2.08. The zero-order chi connectivity index (χ0) is 20.7. The maximum absolute atomic E-state index is 12.7. The van der Waals surface area contributed by atoms with Crippen molar-refractivity contribution in [2.75, 3.05) is 36.1 Å². The molecule has 1 aliphatic carbocycles. The van der Waals surface area contributed by atoms with Crippen molar-refractivity contribution in [1.82, 2.24) is 9.97 Å². The van der Waals surface area contributed by atoms with Crippen molar-refractivity contribution >= 4 is 17.4 Å². The number of amides is 1. The first-order valence-electron chi connectivity index (χ1n) is 11.1. The lowest BCUT2D eigenvalue weighted by atomic mass is 9.81. The van der Waals surface area contributed by atoms with Crippen LogP contribution in [0.3, 0.4) is 0 Å². The van der Waals surface area contributed by atoms with Crippen LogP contribution in [-0.2, 0) is 16.0 Å². The molecular formula is C24H30N4O2. The number of hydrogen-bond acceptors (Lipinski definition) is 5. The molecule has 2 aromatic rings. The SMILES string of the molecule is CC(=O)N1c2cnc(N3CCOCC3)cc2C(Cc2cccc(C)n2)CC1C1CC1. The average Bonchev–Trinajstić information content (AvgIpc) is 3.59. The van der Waals surface area contributed by atoms with Gasteiger partial charge in [0.2, 0.25) is 5.91 Å². The van der Waals surface area contributed by atoms with Crippen LogP contribution < -0.4 is 9.80 Å². The molecule has 0 bridgehead atoms. The minimum absolute atomic E-state index is 0.126. The molecule has 0 spiro atoms. The Kier molecular flexibility index (Phi) is 5.19. The maximum atomic E-state index is 12.7. The van der Waals surface area contributed by atoms with Crippen molar-refractivity contribution in [3.63, 3.8) is 0 Å². The van der Waals surface area contributed by atoms with Crippen molar-refractivity contribution < 1.29 is 9.53 Å². The third-order valence-corrected chi connectivity index (χ3v) is 6.70. The van der Waals surface area contributed by atoms with Gasteiger partial charge >= 0.3 is 0 Å². The number of anilines is 2. The Labute approximate surface area is 178 Å². The lowest BCUT2D eigenvalue weighted by Gasteiger charge is -2.41. The summed E-state index contributed by atoms with van der Waals surface area (Å²) in [4.78, 5) is 26.5. The number of ether oxygens (including phenoxy) is 1. The van der Waals surface area contributed by atoms with Crippen LogP contribution in [0, 0.1) is 12.8 Å². The highest BCUT2D eigenvalue weighted by atomic mass is 16.5. The molecule has 30 heavy (non-hydrogen) atoms. The standard InChI is InChI=1S/C24H30N4O2/c1-16-4-3-5-20(26-16)12-19-13-22(18-6-7-18)28(17(2)29)23-15-25-24(14-21(19)23)27-8-10-30-11-9-27/h3-5,14-15,18-19,22H,6-13H2,1-2H3. The third kappa shape index (κ3) is 3.81. The van der Waals surface area contributed by atoms with Crippen LogP contribution in [0.4, 0.5) is 11.5 Å². The zero-order valence-electron chi connectivity index (χ0n) is 17.9. The first-order valence-corrected chi connectivity index (χ1v) is 11.1. The molecule has 4 heterocycles. The van der Waals surface area contributed by atoms with Crippen LogP contribution in [0.5, 0.6) is 0 Å². The van der Waals surface area contributed by atoms with Gasteiger partial charge in [-0.15, -0.1) is 0 Å². The Morgan fingerprint density at radius 2 is 2.03 bits per heavy atom. The van der Waals surface area contributed by atoms with E-state index in [1.54, 1.807) is 6.92 Å². The van der Waals surface area contributed by atoms with Gasteiger partial charge in [0.1, 0.15) is 5.82 Å². The predicted molar refractivity (Wildman–Crippen MR) is 117 cm³/mol. The summed E-state index contributed by atoms with van der Waals surface area (Å²) in [7, 11) is 0. The summed E-state index contributed by atoms with van der Waals surface area (Å²) < 4.78 is 5.51. The average molecular weight is 407 g/mol. The summed E-state index contributed by atoms with van der Waals surface area (Å²) in [6, 6.07) is 8.76. The van der Waals surface area contributed by atoms with Crippen LogP contribution >= 0.6 is 0 Å². The molecule has 1 saturated carbocycles. The molecular weight excluding hydrogens is 376 g/mol. The first-order chi connectivity index (χ1) is 14.6. The van der Waals surface area contributed by atoms with Gasteiger partial charge in [0.25, 0.3) is 0 Å². The molecule has 2 fully saturated rings. The molecule has 6 nitrogen and oxygen atoms in total. The zero-order valence-corrected chi connectivity index (χ0v) is 17.9. The largest absolute Gasteiger partial charge is 0.378 e. The summed E-state index contributed by atoms with van der Waals surface area (Å²) in [6.45, 7) is 6.92. The fourth-order valence-corrected chi connectivity index (χ4v) is 5.09. The van der Waals surface area contributed by atoms with Crippen molar-refractivity contribution in [3.05, 3.63) is 47.4 Å². The minimum Gasteiger partial charge on any atom is -0.378 e. The first kappa shape index (κ1) is 19.5. The van der Waals surface area contributed by atoms with Crippen LogP contribution in [0.2, 0.25) is 0 Å². The van der Waals surface area contributed by atoms with E-state index in [1.165, 1.54) is 18.4 Å². The van der Waals surface area contributed by atoms with Crippen molar-refractivity contribution in [3.8, 4) is 0 Å². The third-order valence-electron chi connectivity index (χ3n) is 6.70. The van der Waals surface area contributed by atoms with Crippen molar-refractivity contribution in [2.45, 2.75) is 51.5 Å². The fourth-order valence-electron chi connectivity index (χ4n) is 5.09. The topological polar surface area (TPSA) is 58.6 Å². The number of rotatable bonds is 4. The van der Waals surface area contributed by atoms with E-state index >= 15 is 0 Å². The van der Waals surface area contributed by atoms with E-state index < -0.39 is 0 Å². The van der Waals surface area contributed by atoms with Gasteiger partial charge in [-0.2, -0.15) is 0 Å². The van der Waals surface area contributed by atoms with Crippen LogP contribution in [0.15, 0.2) is 30.5 Å². The number of nitrogens with zero attached hydrogens (tertiary/aromatic N) is 4. The molecule has 3 aliphatic rings. The van der Waals surface area contributed by atoms with Crippen LogP contribution in [0.1, 0.15) is 49.1 Å². The van der Waals surface area contributed by atoms with Gasteiger partial charge in [0.05, 0.1) is 25.1 Å². The molecule has 1 amide bonds. The van der Waals surface area contributed by atoms with E-state index in [0.717, 1.165) is 62.0 Å². The summed E-state index contributed by atoms with van der Waals surface area (Å²) >= 11 is 0. The monoisotopic (exact) mass is 406 g/mol. The lowest BCUT2D eigenvalue weighted by Crippen LogP contribution is -2.45. The molecule has 2 aliphatic heterocycles. The Bertz CT molecular complexity index is 937. The molecule has 2 unspecified atom stereocenters. The van der Waals surface area contributed by atoms with Crippen molar-refractivity contribution in [1.29, 1.82) is 0 Å². The van der Waals surface area contributed by atoms with E-state index in [0.29, 0.717) is 11.8 Å². The highest BCUT2D eigenvalue weighted by Gasteiger charge is 2.43. The highest BCUT2D eigenvalue weighted by molar-refractivity contribution is 5.94. The van der Waals surface area contributed by atoms with Gasteiger partial charge in [-0.1, -0.05) is 6.07 Å². The minimum atomic E-state index is 0.126. The van der Waals surface area contributed by atoms with Gasteiger partial charge in [0.15, 0.2) is 0 Å². The number of carbonyl (C=O) groups is 1. The number of morpholine rings is 1. The number of aromatic nitrogens is 2. The van der Waals surface area contributed by atoms with E-state index in [4.69, 9.17) is 14.7 Å². The summed E-state index contributed by atoms with van der Waals surface area (Å²) in [5, 5.41) is 0. The molecule has 5 rings (SSSR count). The highest BCUT2D eigenvalue weighted by Crippen LogP contribution is 2.48. The number of fused-ring (bicyclic) bond motifs is 1. The number of aryl methyl sites for hydroxylation is 1. The van der Waals surface area contributed by atoms with E-state index in [2.05, 4.69) is 23.1 Å². The molecule has 1 saturated heterocycles. The number of pyridine rings is 2. The Balaban J connectivity index is 1.54. The second-order valence-corrected chi connectivity index (χ2v) is 8.90. The van der Waals surface area contributed by atoms with Crippen LogP contribution in [-0.4, -0.2) is 48.2 Å². The number of carbonyl (C=O) groups excluding carboxylic acids is 1. The normalized spacial score (nSPS) is 23.9. The lowest BCUT2D eigenvalue weighted by molar-refractivity contribution is -0.117. The molecule has 6 heteroatoms. The predicted octanol–water partition coefficient (Wildman–Crippen LogP) is 3.48. The van der Waals surface area contributed by atoms with E-state index in [1.807, 2.05) is 24.1 Å². The van der Waals surface area contributed by atoms with Crippen LogP contribution in [0.25, 0.3) is 0 Å². The maximum Gasteiger partial charge on any atom is 0.224 e. The Morgan fingerprint density at radius 3 is 2.73 bits per heavy atom. The van der Waals surface area contributed by atoms with Gasteiger partial charge in [0, 0.05) is 37.4 Å². The van der Waals surface area contributed by atoms with Gasteiger partial charge in [-0.3, -0.25) is 9.78 Å². The Hall–Kier alpha value is -2.47. The molecule has 158 valence electrons. The van der Waals surface area contributed by atoms with Gasteiger partial charge < -0.3 is 14.5 Å². The fraction of sp³-hybridized carbons (Fsp3) is 0.542. The molecule has 2 atom stereocenters. The second kappa shape index (κ2) is 7.99. The van der Waals surface area contributed by atoms with E-state index in [9.17, 15) is 4.79 Å². The summed E-state index contributed by atoms with van der Waals surface area (Å²) in [6.07, 6.45) is 6.28. The van der Waals surface area contributed by atoms with Crippen molar-refractivity contribution in [2.24, 2.45) is 5.92 Å². The molecule has 0 N–H and O–H groups in total.